The predicted molar refractivity (Wildman–Crippen MR) is 40.2 cm³/mol. The minimum Gasteiger partial charge on any atom is -0.301 e. The molecule has 1 saturated heterocycles. The summed E-state index contributed by atoms with van der Waals surface area (Å²) in [4.78, 5) is 2.52. The van der Waals surface area contributed by atoms with Crippen LogP contribution in [0.3, 0.4) is 0 Å². The molecule has 1 fully saturated rings. The molecule has 1 aliphatic rings. The van der Waals surface area contributed by atoms with E-state index in [2.05, 4.69) is 18.7 Å². The van der Waals surface area contributed by atoms with E-state index in [9.17, 15) is 0 Å². The average molecular weight is 126 g/mol. The first-order valence-corrected chi connectivity index (χ1v) is 3.91. The van der Waals surface area contributed by atoms with Crippen LogP contribution in [0.4, 0.5) is 0 Å². The third kappa shape index (κ3) is 1.45. The van der Waals surface area contributed by atoms with Crippen LogP contribution in [0.25, 0.3) is 0 Å². The second-order valence-electron chi connectivity index (χ2n) is 2.71. The van der Waals surface area contributed by atoms with E-state index in [4.69, 9.17) is 0 Å². The van der Waals surface area contributed by atoms with E-state index in [0.29, 0.717) is 0 Å². The van der Waals surface area contributed by atoms with Crippen LogP contribution in [0, 0.1) is 6.92 Å². The van der Waals surface area contributed by atoms with Gasteiger partial charge in [-0.25, -0.2) is 0 Å². The van der Waals surface area contributed by atoms with Crippen LogP contribution in [0.15, 0.2) is 0 Å². The Hall–Kier alpha value is -0.0400. The maximum absolute atomic E-state index is 3.92. The molecule has 9 heavy (non-hydrogen) atoms. The van der Waals surface area contributed by atoms with Gasteiger partial charge >= 0.3 is 0 Å². The first-order chi connectivity index (χ1) is 4.38. The zero-order valence-electron chi connectivity index (χ0n) is 6.27. The Morgan fingerprint density at radius 1 is 1.67 bits per heavy atom. The van der Waals surface area contributed by atoms with Crippen LogP contribution in [-0.2, 0) is 0 Å². The lowest BCUT2D eigenvalue weighted by atomic mass is 10.2. The molecule has 1 heterocycles. The number of hydrogen-bond acceptors (Lipinski definition) is 1. The van der Waals surface area contributed by atoms with Gasteiger partial charge < -0.3 is 4.90 Å². The molecule has 0 aromatic heterocycles. The number of likely N-dealkylation sites (tertiary alicyclic amines) is 1. The fourth-order valence-electron chi connectivity index (χ4n) is 1.64. The lowest BCUT2D eigenvalue weighted by Gasteiger charge is -2.20. The Balaban J connectivity index is 2.32. The van der Waals surface area contributed by atoms with Crippen molar-refractivity contribution in [3.63, 3.8) is 0 Å². The van der Waals surface area contributed by atoms with Crippen molar-refractivity contribution < 1.29 is 0 Å². The Morgan fingerprint density at radius 3 is 2.89 bits per heavy atom. The van der Waals surface area contributed by atoms with Crippen LogP contribution in [0.5, 0.6) is 0 Å². The molecule has 0 saturated carbocycles. The van der Waals surface area contributed by atoms with Gasteiger partial charge in [-0.1, -0.05) is 13.8 Å². The van der Waals surface area contributed by atoms with E-state index >= 15 is 0 Å². The van der Waals surface area contributed by atoms with Gasteiger partial charge in [0, 0.05) is 6.04 Å². The van der Waals surface area contributed by atoms with E-state index in [-0.39, 0.29) is 0 Å². The van der Waals surface area contributed by atoms with Gasteiger partial charge in [-0.15, -0.1) is 0 Å². The van der Waals surface area contributed by atoms with Gasteiger partial charge in [-0.05, 0) is 32.4 Å². The molecule has 1 heteroatoms. The lowest BCUT2D eigenvalue weighted by molar-refractivity contribution is 0.268. The Labute approximate surface area is 58.0 Å². The third-order valence-electron chi connectivity index (χ3n) is 2.24. The molecular formula is C8H16N. The molecule has 0 aliphatic carbocycles. The van der Waals surface area contributed by atoms with Crippen molar-refractivity contribution in [1.29, 1.82) is 0 Å². The summed E-state index contributed by atoms with van der Waals surface area (Å²) in [5.41, 5.74) is 0. The fraction of sp³-hybridized carbons (Fsp3) is 0.875. The van der Waals surface area contributed by atoms with Gasteiger partial charge in [-0.2, -0.15) is 0 Å². The molecule has 1 aliphatic heterocycles. The molecular weight excluding hydrogens is 110 g/mol. The minimum atomic E-state index is 0.801. The van der Waals surface area contributed by atoms with Gasteiger partial charge in [-0.3, -0.25) is 0 Å². The van der Waals surface area contributed by atoms with Gasteiger partial charge in [0.1, 0.15) is 0 Å². The monoisotopic (exact) mass is 126 g/mol. The number of hydrogen-bond donors (Lipinski definition) is 0. The quantitative estimate of drug-likeness (QED) is 0.544. The summed E-state index contributed by atoms with van der Waals surface area (Å²) in [5.74, 6) is 0. The number of nitrogens with zero attached hydrogens (tertiary/aromatic N) is 1. The fourth-order valence-corrected chi connectivity index (χ4v) is 1.64. The van der Waals surface area contributed by atoms with Gasteiger partial charge in [0.15, 0.2) is 0 Å². The Morgan fingerprint density at radius 2 is 2.44 bits per heavy atom. The van der Waals surface area contributed by atoms with Crippen molar-refractivity contribution in [2.24, 2.45) is 0 Å². The van der Waals surface area contributed by atoms with Crippen LogP contribution in [-0.4, -0.2) is 24.0 Å². The molecule has 0 spiro atoms. The molecule has 0 amide bonds. The molecule has 1 rings (SSSR count). The highest BCUT2D eigenvalue weighted by Crippen LogP contribution is 2.18. The maximum Gasteiger partial charge on any atom is 0.00956 e. The van der Waals surface area contributed by atoms with Gasteiger partial charge in [0.2, 0.25) is 0 Å². The summed E-state index contributed by atoms with van der Waals surface area (Å²) in [5, 5.41) is 0. The Kier molecular flexibility index (Phi) is 2.52. The molecule has 53 valence electrons. The van der Waals surface area contributed by atoms with E-state index in [1.54, 1.807) is 0 Å². The van der Waals surface area contributed by atoms with Crippen molar-refractivity contribution in [2.45, 2.75) is 32.2 Å². The smallest absolute Gasteiger partial charge is 0.00956 e. The summed E-state index contributed by atoms with van der Waals surface area (Å²) < 4.78 is 0. The average Bonchev–Trinajstić information content (AvgIpc) is 2.33. The molecule has 0 aromatic rings. The van der Waals surface area contributed by atoms with E-state index in [1.807, 2.05) is 0 Å². The highest BCUT2D eigenvalue weighted by molar-refractivity contribution is 4.78. The normalized spacial score (nSPS) is 29.3. The van der Waals surface area contributed by atoms with Crippen LogP contribution in [0.1, 0.15) is 26.2 Å². The molecule has 0 bridgehead atoms. The third-order valence-corrected chi connectivity index (χ3v) is 2.24. The largest absolute Gasteiger partial charge is 0.301 e. The Bertz CT molecular complexity index is 70.6. The zero-order valence-corrected chi connectivity index (χ0v) is 6.27. The number of rotatable bonds is 2. The standard InChI is InChI=1S/C8H16N/c1-3-8-6-5-7-9(8)4-2/h8H,1,3-7H2,2H3. The molecule has 1 radical (unpaired) electrons. The topological polar surface area (TPSA) is 3.24 Å². The first kappa shape index (κ1) is 7.07. The van der Waals surface area contributed by atoms with E-state index < -0.39 is 0 Å². The van der Waals surface area contributed by atoms with Crippen LogP contribution >= 0.6 is 0 Å². The molecule has 1 atom stereocenters. The summed E-state index contributed by atoms with van der Waals surface area (Å²) in [6, 6.07) is 0.801. The summed E-state index contributed by atoms with van der Waals surface area (Å²) in [6.07, 6.45) is 3.85. The SMILES string of the molecule is [CH2]CC1CCCN1CC. The summed E-state index contributed by atoms with van der Waals surface area (Å²) in [7, 11) is 0. The lowest BCUT2D eigenvalue weighted by Crippen LogP contribution is -2.28. The molecule has 0 aromatic carbocycles. The van der Waals surface area contributed by atoms with Crippen LogP contribution in [0.2, 0.25) is 0 Å². The van der Waals surface area contributed by atoms with Crippen molar-refractivity contribution in [3.05, 3.63) is 6.92 Å². The predicted octanol–water partition coefficient (Wildman–Crippen LogP) is 1.69. The summed E-state index contributed by atoms with van der Waals surface area (Å²) >= 11 is 0. The van der Waals surface area contributed by atoms with E-state index in [0.717, 1.165) is 12.5 Å². The van der Waals surface area contributed by atoms with Crippen molar-refractivity contribution in [2.75, 3.05) is 13.1 Å². The van der Waals surface area contributed by atoms with E-state index in [1.165, 1.54) is 25.9 Å². The highest BCUT2D eigenvalue weighted by atomic mass is 15.2. The van der Waals surface area contributed by atoms with Crippen molar-refractivity contribution >= 4 is 0 Å². The summed E-state index contributed by atoms with van der Waals surface area (Å²) in [6.45, 7) is 8.67. The highest BCUT2D eigenvalue weighted by Gasteiger charge is 2.20. The molecule has 0 N–H and O–H groups in total. The molecule has 1 unspecified atom stereocenters. The van der Waals surface area contributed by atoms with Crippen molar-refractivity contribution in [1.82, 2.24) is 4.90 Å². The van der Waals surface area contributed by atoms with Gasteiger partial charge in [0.05, 0.1) is 0 Å². The van der Waals surface area contributed by atoms with Gasteiger partial charge in [0.25, 0.3) is 0 Å². The second-order valence-corrected chi connectivity index (χ2v) is 2.71. The minimum absolute atomic E-state index is 0.801. The maximum atomic E-state index is 3.92. The zero-order chi connectivity index (χ0) is 6.69. The first-order valence-electron chi connectivity index (χ1n) is 3.91. The second kappa shape index (κ2) is 3.21. The van der Waals surface area contributed by atoms with Crippen LogP contribution < -0.4 is 0 Å². The van der Waals surface area contributed by atoms with Crippen molar-refractivity contribution in [3.8, 4) is 0 Å². The molecule has 1 nitrogen and oxygen atoms in total.